The van der Waals surface area contributed by atoms with Crippen LogP contribution in [0.4, 0.5) is 11.7 Å². The summed E-state index contributed by atoms with van der Waals surface area (Å²) >= 11 is 0. The molecule has 0 aliphatic carbocycles. The lowest BCUT2D eigenvalue weighted by atomic mass is 10.1. The number of hydrogen-bond donors (Lipinski definition) is 2. The number of nitrogens with one attached hydrogen (secondary N) is 1. The Balaban J connectivity index is 1.58. The summed E-state index contributed by atoms with van der Waals surface area (Å²) < 4.78 is 5.00. The monoisotopic (exact) mass is 301 g/mol. The van der Waals surface area contributed by atoms with E-state index in [1.165, 1.54) is 24.9 Å². The highest BCUT2D eigenvalue weighted by Crippen LogP contribution is 2.20. The number of aromatic nitrogens is 2. The molecule has 1 amide bonds. The Kier molecular flexibility index (Phi) is 4.22. The van der Waals surface area contributed by atoms with Gasteiger partial charge in [0.15, 0.2) is 0 Å². The van der Waals surface area contributed by atoms with Crippen molar-refractivity contribution in [2.24, 2.45) is 0 Å². The standard InChI is InChI=1S/C15H19N5O2/c16-15-19-18-13(22-15)10-17-14(21)11-4-6-12(7-5-11)20-8-2-1-3-9-20/h4-7H,1-3,8-10H2,(H2,16,19)(H,17,21). The van der Waals surface area contributed by atoms with Crippen LogP contribution in [0, 0.1) is 0 Å². The fraction of sp³-hybridized carbons (Fsp3) is 0.400. The van der Waals surface area contributed by atoms with E-state index < -0.39 is 0 Å². The number of anilines is 2. The first-order valence-electron chi connectivity index (χ1n) is 7.43. The third-order valence-corrected chi connectivity index (χ3v) is 3.73. The van der Waals surface area contributed by atoms with Crippen LogP contribution in [0.5, 0.6) is 0 Å². The van der Waals surface area contributed by atoms with Gasteiger partial charge in [-0.1, -0.05) is 5.10 Å². The molecule has 116 valence electrons. The SMILES string of the molecule is Nc1nnc(CNC(=O)c2ccc(N3CCCCC3)cc2)o1. The number of nitrogens with zero attached hydrogens (tertiary/aromatic N) is 3. The normalized spacial score (nSPS) is 14.8. The smallest absolute Gasteiger partial charge is 0.312 e. The molecule has 1 saturated heterocycles. The van der Waals surface area contributed by atoms with Crippen molar-refractivity contribution < 1.29 is 9.21 Å². The lowest BCUT2D eigenvalue weighted by Gasteiger charge is -2.28. The van der Waals surface area contributed by atoms with Crippen molar-refractivity contribution in [2.75, 3.05) is 23.7 Å². The summed E-state index contributed by atoms with van der Waals surface area (Å²) in [5.74, 6) is 0.109. The van der Waals surface area contributed by atoms with Gasteiger partial charge in [0.1, 0.15) is 0 Å². The van der Waals surface area contributed by atoms with Gasteiger partial charge in [0.25, 0.3) is 5.91 Å². The van der Waals surface area contributed by atoms with Gasteiger partial charge in [-0.3, -0.25) is 4.79 Å². The van der Waals surface area contributed by atoms with Crippen molar-refractivity contribution in [3.8, 4) is 0 Å². The van der Waals surface area contributed by atoms with Gasteiger partial charge in [-0.25, -0.2) is 0 Å². The van der Waals surface area contributed by atoms with E-state index in [-0.39, 0.29) is 24.4 Å². The summed E-state index contributed by atoms with van der Waals surface area (Å²) in [7, 11) is 0. The summed E-state index contributed by atoms with van der Waals surface area (Å²) in [5, 5.41) is 9.95. The predicted octanol–water partition coefficient (Wildman–Crippen LogP) is 1.57. The van der Waals surface area contributed by atoms with E-state index in [0.29, 0.717) is 5.56 Å². The van der Waals surface area contributed by atoms with Crippen LogP contribution in [0.25, 0.3) is 0 Å². The molecule has 7 nitrogen and oxygen atoms in total. The number of piperidine rings is 1. The number of nitrogens with two attached hydrogens (primary N) is 1. The van der Waals surface area contributed by atoms with Crippen LogP contribution in [0.2, 0.25) is 0 Å². The summed E-state index contributed by atoms with van der Waals surface area (Å²) in [4.78, 5) is 14.4. The summed E-state index contributed by atoms with van der Waals surface area (Å²) in [6, 6.07) is 7.65. The number of hydrogen-bond acceptors (Lipinski definition) is 6. The summed E-state index contributed by atoms with van der Waals surface area (Å²) in [5.41, 5.74) is 7.10. The zero-order valence-electron chi connectivity index (χ0n) is 12.3. The van der Waals surface area contributed by atoms with Crippen molar-refractivity contribution >= 4 is 17.6 Å². The van der Waals surface area contributed by atoms with Gasteiger partial charge < -0.3 is 20.4 Å². The molecule has 0 bridgehead atoms. The number of carbonyl (C=O) groups excluding carboxylic acids is 1. The largest absolute Gasteiger partial charge is 0.406 e. The maximum atomic E-state index is 12.1. The maximum absolute atomic E-state index is 12.1. The molecular formula is C15H19N5O2. The first-order valence-corrected chi connectivity index (χ1v) is 7.43. The third-order valence-electron chi connectivity index (χ3n) is 3.73. The van der Waals surface area contributed by atoms with Crippen molar-refractivity contribution in [3.63, 3.8) is 0 Å². The molecule has 3 N–H and O–H groups in total. The molecule has 0 atom stereocenters. The fourth-order valence-electron chi connectivity index (χ4n) is 2.57. The number of nitrogen functional groups attached to an aromatic ring is 1. The van der Waals surface area contributed by atoms with E-state index in [2.05, 4.69) is 20.4 Å². The predicted molar refractivity (Wildman–Crippen MR) is 82.4 cm³/mol. The quantitative estimate of drug-likeness (QED) is 0.889. The topological polar surface area (TPSA) is 97.3 Å². The molecule has 0 spiro atoms. The van der Waals surface area contributed by atoms with Crippen LogP contribution in [-0.2, 0) is 6.54 Å². The summed E-state index contributed by atoms with van der Waals surface area (Å²) in [6.07, 6.45) is 3.77. The van der Waals surface area contributed by atoms with E-state index >= 15 is 0 Å². The minimum atomic E-state index is -0.179. The molecule has 0 radical (unpaired) electrons. The Morgan fingerprint density at radius 1 is 1.18 bits per heavy atom. The molecule has 7 heteroatoms. The molecule has 1 aliphatic rings. The zero-order chi connectivity index (χ0) is 15.4. The molecule has 1 aliphatic heterocycles. The van der Waals surface area contributed by atoms with Gasteiger partial charge in [0, 0.05) is 24.3 Å². The van der Waals surface area contributed by atoms with Crippen LogP contribution in [0.1, 0.15) is 35.5 Å². The van der Waals surface area contributed by atoms with E-state index in [4.69, 9.17) is 10.2 Å². The van der Waals surface area contributed by atoms with Crippen molar-refractivity contribution in [1.29, 1.82) is 0 Å². The number of benzene rings is 1. The van der Waals surface area contributed by atoms with Crippen LogP contribution in [0.15, 0.2) is 28.7 Å². The first-order chi connectivity index (χ1) is 10.7. The zero-order valence-corrected chi connectivity index (χ0v) is 12.3. The van der Waals surface area contributed by atoms with Gasteiger partial charge in [-0.15, -0.1) is 5.10 Å². The molecular weight excluding hydrogens is 282 g/mol. The lowest BCUT2D eigenvalue weighted by molar-refractivity contribution is 0.0947. The average molecular weight is 301 g/mol. The van der Waals surface area contributed by atoms with Gasteiger partial charge in [0.05, 0.1) is 6.54 Å². The second-order valence-corrected chi connectivity index (χ2v) is 5.31. The van der Waals surface area contributed by atoms with Crippen molar-refractivity contribution in [2.45, 2.75) is 25.8 Å². The van der Waals surface area contributed by atoms with Gasteiger partial charge >= 0.3 is 6.01 Å². The molecule has 0 unspecified atom stereocenters. The Labute approximate surface area is 128 Å². The maximum Gasteiger partial charge on any atom is 0.312 e. The second kappa shape index (κ2) is 6.46. The van der Waals surface area contributed by atoms with E-state index in [1.54, 1.807) is 0 Å². The van der Waals surface area contributed by atoms with Gasteiger partial charge in [-0.05, 0) is 43.5 Å². The van der Waals surface area contributed by atoms with E-state index in [0.717, 1.165) is 13.1 Å². The van der Waals surface area contributed by atoms with Crippen LogP contribution in [-0.4, -0.2) is 29.2 Å². The third kappa shape index (κ3) is 3.36. The number of rotatable bonds is 4. The molecule has 22 heavy (non-hydrogen) atoms. The fourth-order valence-corrected chi connectivity index (χ4v) is 2.57. The summed E-state index contributed by atoms with van der Waals surface area (Å²) in [6.45, 7) is 2.34. The van der Waals surface area contributed by atoms with Gasteiger partial charge in [0.2, 0.25) is 5.89 Å². The highest BCUT2D eigenvalue weighted by molar-refractivity contribution is 5.94. The molecule has 1 aromatic carbocycles. The molecule has 2 aromatic rings. The Morgan fingerprint density at radius 3 is 2.55 bits per heavy atom. The molecule has 2 heterocycles. The highest BCUT2D eigenvalue weighted by atomic mass is 16.4. The molecule has 0 saturated carbocycles. The van der Waals surface area contributed by atoms with E-state index in [1.807, 2.05) is 24.3 Å². The average Bonchev–Trinajstić information content (AvgIpc) is 2.99. The molecule has 3 rings (SSSR count). The minimum absolute atomic E-state index is 0.00451. The number of amides is 1. The van der Waals surface area contributed by atoms with Crippen molar-refractivity contribution in [3.05, 3.63) is 35.7 Å². The highest BCUT2D eigenvalue weighted by Gasteiger charge is 2.12. The van der Waals surface area contributed by atoms with Crippen LogP contribution in [0.3, 0.4) is 0 Å². The Hall–Kier alpha value is -2.57. The lowest BCUT2D eigenvalue weighted by Crippen LogP contribution is -2.29. The minimum Gasteiger partial charge on any atom is -0.406 e. The Morgan fingerprint density at radius 2 is 1.91 bits per heavy atom. The Bertz CT molecular complexity index is 632. The van der Waals surface area contributed by atoms with E-state index in [9.17, 15) is 4.79 Å². The molecule has 1 aromatic heterocycles. The first kappa shape index (κ1) is 14.4. The molecule has 1 fully saturated rings. The van der Waals surface area contributed by atoms with Crippen LogP contribution < -0.4 is 16.0 Å². The second-order valence-electron chi connectivity index (χ2n) is 5.31. The van der Waals surface area contributed by atoms with Crippen LogP contribution >= 0.6 is 0 Å². The number of carbonyl (C=O) groups is 1. The van der Waals surface area contributed by atoms with Crippen molar-refractivity contribution in [1.82, 2.24) is 15.5 Å². The van der Waals surface area contributed by atoms with Gasteiger partial charge in [-0.2, -0.15) is 0 Å².